The normalized spacial score (nSPS) is 16.8. The van der Waals surface area contributed by atoms with Gasteiger partial charge in [-0.1, -0.05) is 11.6 Å². The zero-order chi connectivity index (χ0) is 21.8. The fraction of sp³-hybridized carbons (Fsp3) is 0.529. The number of amides is 2. The first-order valence-electron chi connectivity index (χ1n) is 9.10. The SMILES string of the molecule is CCNC(=O)[C@@H](C)NC(=O)C1CCN(S(=O)(=O)c2cc([N+](=O)[O-])ccc2Cl)CC1. The standard InChI is InChI=1S/C17H23ClN4O6S/c1-3-19-16(23)11(2)20-17(24)12-6-8-21(9-7-12)29(27,28)15-10-13(22(25)26)4-5-14(15)18/h4-5,10-12H,3,6-9H2,1-2H3,(H,19,23)(H,20,24)/t11-/m1/s1. The average molecular weight is 447 g/mol. The number of sulfonamides is 1. The Morgan fingerprint density at radius 1 is 1.34 bits per heavy atom. The van der Waals surface area contributed by atoms with Crippen molar-refractivity contribution >= 4 is 39.1 Å². The van der Waals surface area contributed by atoms with Crippen molar-refractivity contribution < 1.29 is 22.9 Å². The van der Waals surface area contributed by atoms with Gasteiger partial charge in [0.2, 0.25) is 21.8 Å². The number of rotatable bonds is 7. The monoisotopic (exact) mass is 446 g/mol. The number of halogens is 1. The van der Waals surface area contributed by atoms with Crippen LogP contribution < -0.4 is 10.6 Å². The van der Waals surface area contributed by atoms with Crippen LogP contribution in [0, 0.1) is 16.0 Å². The minimum absolute atomic E-state index is 0.0645. The van der Waals surface area contributed by atoms with Crippen molar-refractivity contribution in [2.45, 2.75) is 37.6 Å². The molecule has 0 radical (unpaired) electrons. The molecule has 1 saturated heterocycles. The Morgan fingerprint density at radius 3 is 2.52 bits per heavy atom. The van der Waals surface area contributed by atoms with Gasteiger partial charge in [0, 0.05) is 37.7 Å². The Balaban J connectivity index is 2.05. The molecule has 160 valence electrons. The van der Waals surface area contributed by atoms with E-state index in [9.17, 15) is 28.1 Å². The smallest absolute Gasteiger partial charge is 0.270 e. The third-order valence-corrected chi connectivity index (χ3v) is 7.05. The van der Waals surface area contributed by atoms with Crippen molar-refractivity contribution in [3.8, 4) is 0 Å². The summed E-state index contributed by atoms with van der Waals surface area (Å²) >= 11 is 5.97. The summed E-state index contributed by atoms with van der Waals surface area (Å²) < 4.78 is 26.9. The van der Waals surface area contributed by atoms with E-state index < -0.39 is 26.9 Å². The van der Waals surface area contributed by atoms with E-state index in [0.717, 1.165) is 16.4 Å². The lowest BCUT2D eigenvalue weighted by Gasteiger charge is -2.31. The first-order valence-corrected chi connectivity index (χ1v) is 10.9. The van der Waals surface area contributed by atoms with Gasteiger partial charge in [0.15, 0.2) is 0 Å². The molecule has 0 aromatic heterocycles. The number of nitrogens with zero attached hydrogens (tertiary/aromatic N) is 2. The van der Waals surface area contributed by atoms with E-state index in [2.05, 4.69) is 10.6 Å². The van der Waals surface area contributed by atoms with Gasteiger partial charge in [-0.25, -0.2) is 8.42 Å². The van der Waals surface area contributed by atoms with Crippen LogP contribution in [0.5, 0.6) is 0 Å². The minimum Gasteiger partial charge on any atom is -0.355 e. The van der Waals surface area contributed by atoms with Gasteiger partial charge in [-0.3, -0.25) is 19.7 Å². The Morgan fingerprint density at radius 2 is 1.97 bits per heavy atom. The Hall–Kier alpha value is -2.24. The highest BCUT2D eigenvalue weighted by Gasteiger charge is 2.34. The van der Waals surface area contributed by atoms with E-state index in [1.54, 1.807) is 13.8 Å². The first kappa shape index (κ1) is 23.0. The molecule has 0 aliphatic carbocycles. The second-order valence-electron chi connectivity index (χ2n) is 6.68. The second kappa shape index (κ2) is 9.51. The fourth-order valence-electron chi connectivity index (χ4n) is 3.02. The van der Waals surface area contributed by atoms with Crippen molar-refractivity contribution in [1.82, 2.24) is 14.9 Å². The summed E-state index contributed by atoms with van der Waals surface area (Å²) in [5, 5.41) is 16.1. The molecule has 1 aromatic carbocycles. The predicted molar refractivity (Wildman–Crippen MR) is 106 cm³/mol. The van der Waals surface area contributed by atoms with Gasteiger partial charge in [-0.05, 0) is 32.8 Å². The molecule has 2 amide bonds. The van der Waals surface area contributed by atoms with E-state index >= 15 is 0 Å². The van der Waals surface area contributed by atoms with Gasteiger partial charge >= 0.3 is 0 Å². The molecule has 12 heteroatoms. The molecule has 1 aromatic rings. The van der Waals surface area contributed by atoms with Crippen molar-refractivity contribution in [3.05, 3.63) is 33.3 Å². The molecule has 1 aliphatic rings. The van der Waals surface area contributed by atoms with E-state index in [1.807, 2.05) is 0 Å². The molecule has 29 heavy (non-hydrogen) atoms. The third-order valence-electron chi connectivity index (χ3n) is 4.67. The van der Waals surface area contributed by atoms with Gasteiger partial charge in [0.05, 0.1) is 9.95 Å². The summed E-state index contributed by atoms with van der Waals surface area (Å²) in [6, 6.07) is 2.56. The van der Waals surface area contributed by atoms with Crippen LogP contribution in [0.1, 0.15) is 26.7 Å². The number of nitrogens with one attached hydrogen (secondary N) is 2. The zero-order valence-corrected chi connectivity index (χ0v) is 17.6. The lowest BCUT2D eigenvalue weighted by atomic mass is 9.97. The maximum Gasteiger partial charge on any atom is 0.270 e. The summed E-state index contributed by atoms with van der Waals surface area (Å²) in [6.07, 6.45) is 0.527. The number of benzene rings is 1. The van der Waals surface area contributed by atoms with Crippen LogP contribution >= 0.6 is 11.6 Å². The van der Waals surface area contributed by atoms with Crippen LogP contribution in [0.4, 0.5) is 5.69 Å². The first-order chi connectivity index (χ1) is 13.6. The summed E-state index contributed by atoms with van der Waals surface area (Å²) in [5.41, 5.74) is -0.374. The third kappa shape index (κ3) is 5.43. The van der Waals surface area contributed by atoms with Crippen molar-refractivity contribution in [1.29, 1.82) is 0 Å². The summed E-state index contributed by atoms with van der Waals surface area (Å²) in [6.45, 7) is 3.93. The Bertz CT molecular complexity index is 899. The highest BCUT2D eigenvalue weighted by molar-refractivity contribution is 7.89. The van der Waals surface area contributed by atoms with Gasteiger partial charge in [-0.15, -0.1) is 0 Å². The van der Waals surface area contributed by atoms with Gasteiger partial charge < -0.3 is 10.6 Å². The number of non-ortho nitro benzene ring substituents is 1. The molecule has 1 fully saturated rings. The molecule has 10 nitrogen and oxygen atoms in total. The molecule has 0 unspecified atom stereocenters. The van der Waals surface area contributed by atoms with E-state index in [0.29, 0.717) is 6.54 Å². The quantitative estimate of drug-likeness (QED) is 0.478. The summed E-state index contributed by atoms with van der Waals surface area (Å²) in [7, 11) is -4.04. The minimum atomic E-state index is -4.04. The van der Waals surface area contributed by atoms with Crippen molar-refractivity contribution in [2.75, 3.05) is 19.6 Å². The highest BCUT2D eigenvalue weighted by atomic mass is 35.5. The summed E-state index contributed by atoms with van der Waals surface area (Å²) in [4.78, 5) is 34.0. The number of hydrogen-bond donors (Lipinski definition) is 2. The van der Waals surface area contributed by atoms with Crippen LogP contribution in [0.3, 0.4) is 0 Å². The van der Waals surface area contributed by atoms with Crippen LogP contribution in [0.15, 0.2) is 23.1 Å². The van der Waals surface area contributed by atoms with Crippen LogP contribution in [-0.2, 0) is 19.6 Å². The van der Waals surface area contributed by atoms with Crippen molar-refractivity contribution in [3.63, 3.8) is 0 Å². The number of nitro benzene ring substituents is 1. The number of nitro groups is 1. The highest BCUT2D eigenvalue weighted by Crippen LogP contribution is 2.31. The van der Waals surface area contributed by atoms with Crippen LogP contribution in [0.2, 0.25) is 5.02 Å². The molecular weight excluding hydrogens is 424 g/mol. The number of carbonyl (C=O) groups excluding carboxylic acids is 2. The Labute approximate surface area is 173 Å². The molecular formula is C17H23ClN4O6S. The number of likely N-dealkylation sites (N-methyl/N-ethyl adjacent to an activating group) is 1. The summed E-state index contributed by atoms with van der Waals surface area (Å²) in [5.74, 6) is -1.03. The second-order valence-corrected chi connectivity index (χ2v) is 8.99. The molecule has 0 saturated carbocycles. The van der Waals surface area contributed by atoms with E-state index in [-0.39, 0.29) is 53.4 Å². The molecule has 1 atom stereocenters. The molecule has 0 spiro atoms. The number of carbonyl (C=O) groups is 2. The lowest BCUT2D eigenvalue weighted by molar-refractivity contribution is -0.385. The topological polar surface area (TPSA) is 139 Å². The van der Waals surface area contributed by atoms with E-state index in [1.165, 1.54) is 6.07 Å². The van der Waals surface area contributed by atoms with E-state index in [4.69, 9.17) is 11.6 Å². The van der Waals surface area contributed by atoms with Gasteiger partial charge in [-0.2, -0.15) is 4.31 Å². The van der Waals surface area contributed by atoms with Crippen molar-refractivity contribution in [2.24, 2.45) is 5.92 Å². The molecule has 2 rings (SSSR count). The fourth-order valence-corrected chi connectivity index (χ4v) is 4.99. The molecule has 1 heterocycles. The largest absolute Gasteiger partial charge is 0.355 e. The molecule has 0 bridgehead atoms. The molecule has 1 aliphatic heterocycles. The molecule has 2 N–H and O–H groups in total. The van der Waals surface area contributed by atoms with Gasteiger partial charge in [0.25, 0.3) is 5.69 Å². The average Bonchev–Trinajstić information content (AvgIpc) is 2.68. The maximum absolute atomic E-state index is 12.9. The number of piperidine rings is 1. The van der Waals surface area contributed by atoms with Crippen LogP contribution in [-0.4, -0.2) is 55.1 Å². The Kier molecular flexibility index (Phi) is 7.55. The zero-order valence-electron chi connectivity index (χ0n) is 16.1. The van der Waals surface area contributed by atoms with Crippen LogP contribution in [0.25, 0.3) is 0 Å². The predicted octanol–water partition coefficient (Wildman–Crippen LogP) is 1.29. The number of hydrogen-bond acceptors (Lipinski definition) is 6. The maximum atomic E-state index is 12.9. The van der Waals surface area contributed by atoms with Gasteiger partial charge in [0.1, 0.15) is 10.9 Å². The lowest BCUT2D eigenvalue weighted by Crippen LogP contribution is -2.49.